The zero-order chi connectivity index (χ0) is 39.1. The third kappa shape index (κ3) is 12.1. The minimum Gasteiger partial charge on any atom is -0.493 e. The maximum absolute atomic E-state index is 15.0. The van der Waals surface area contributed by atoms with Crippen LogP contribution in [-0.4, -0.2) is 60.7 Å². The van der Waals surface area contributed by atoms with Gasteiger partial charge in [0.1, 0.15) is 23.4 Å². The number of fused-ring (bicyclic) bond motifs is 1. The number of nitriles is 1. The van der Waals surface area contributed by atoms with E-state index in [9.17, 15) is 5.11 Å². The Morgan fingerprint density at radius 3 is 2.43 bits per heavy atom. The summed E-state index contributed by atoms with van der Waals surface area (Å²) >= 11 is 0. The summed E-state index contributed by atoms with van der Waals surface area (Å²) in [6.07, 6.45) is 12.3. The number of aliphatic hydroxyl groups excluding tert-OH is 2. The number of aryl methyl sites for hydroxylation is 1. The first-order chi connectivity index (χ1) is 26.0. The molecule has 6 rings (SSSR count). The van der Waals surface area contributed by atoms with Crippen LogP contribution < -0.4 is 19.5 Å². The Morgan fingerprint density at radius 2 is 1.81 bits per heavy atom. The topological polar surface area (TPSA) is 118 Å². The van der Waals surface area contributed by atoms with E-state index in [-0.39, 0.29) is 30.2 Å². The van der Waals surface area contributed by atoms with Crippen molar-refractivity contribution in [1.82, 2.24) is 9.98 Å². The molecule has 2 aliphatic carbocycles. The number of nitrogens with one attached hydrogen (secondary N) is 1. The van der Waals surface area contributed by atoms with Crippen molar-refractivity contribution < 1.29 is 28.8 Å². The van der Waals surface area contributed by atoms with Crippen molar-refractivity contribution in [2.24, 2.45) is 0 Å². The fraction of sp³-hybridized carbons (Fsp3) is 0.489. The van der Waals surface area contributed by atoms with Gasteiger partial charge in [-0.3, -0.25) is 0 Å². The second-order valence-corrected chi connectivity index (χ2v) is 14.8. The summed E-state index contributed by atoms with van der Waals surface area (Å²) in [6.45, 7) is 12.2. The zero-order valence-electron chi connectivity index (χ0n) is 33.0. The molecule has 3 aromatic carbocycles. The molecule has 8 nitrogen and oxygen atoms in total. The highest BCUT2D eigenvalue weighted by molar-refractivity contribution is 6.13. The van der Waals surface area contributed by atoms with Gasteiger partial charge in [0.2, 0.25) is 0 Å². The molecule has 1 fully saturated rings. The molecule has 0 spiro atoms. The lowest BCUT2D eigenvalue weighted by Gasteiger charge is -2.24. The van der Waals surface area contributed by atoms with Crippen LogP contribution in [0.15, 0.2) is 60.2 Å². The van der Waals surface area contributed by atoms with E-state index >= 15 is 4.39 Å². The van der Waals surface area contributed by atoms with Crippen LogP contribution in [-0.2, 0) is 24.1 Å². The van der Waals surface area contributed by atoms with Crippen molar-refractivity contribution in [3.8, 4) is 28.7 Å². The standard InChI is InChI=1S/C33H42FNO3.C7H7N2O.C5H10O/c1-6-8-16-37-31-11-9-10-26(25(31)7-2)28-18-24(34)19-29-27(28)13-15-32(29)38-30-14-12-23(17-22(30)3)20-35-33(4,5)21-36;1-10-5-6-2-7(3-8)9-4-6;6-5-3-1-2-4-5/h9-12,14,17-19,32,35-36H,6-8,13,15-16,20-21H2,1-5H3;2,4H,5H2,1H3;5-6H,1-4H2/q;+1;. The predicted molar refractivity (Wildman–Crippen MR) is 216 cm³/mol. The Morgan fingerprint density at radius 1 is 1.04 bits per heavy atom. The summed E-state index contributed by atoms with van der Waals surface area (Å²) < 4.78 is 36.3. The van der Waals surface area contributed by atoms with Gasteiger partial charge in [-0.2, -0.15) is 5.26 Å². The van der Waals surface area contributed by atoms with Crippen LogP contribution in [0.2, 0.25) is 0 Å². The average Bonchev–Trinajstić information content (AvgIpc) is 3.94. The third-order valence-electron chi connectivity index (χ3n) is 9.90. The van der Waals surface area contributed by atoms with Crippen LogP contribution in [0, 0.1) is 24.1 Å². The monoisotopic (exact) mass is 740 g/mol. The first-order valence-electron chi connectivity index (χ1n) is 19.4. The van der Waals surface area contributed by atoms with Gasteiger partial charge in [-0.1, -0.05) is 62.0 Å². The second kappa shape index (κ2) is 21.0. The highest BCUT2D eigenvalue weighted by Gasteiger charge is 2.29. The Bertz CT molecular complexity index is 1830. The average molecular weight is 741 g/mol. The van der Waals surface area contributed by atoms with E-state index in [0.717, 1.165) is 95.4 Å². The van der Waals surface area contributed by atoms with Gasteiger partial charge < -0.3 is 29.7 Å². The van der Waals surface area contributed by atoms with Gasteiger partial charge in [-0.05, 0) is 117 Å². The lowest BCUT2D eigenvalue weighted by Crippen LogP contribution is -2.42. The molecule has 3 N–H and O–H groups in total. The van der Waals surface area contributed by atoms with E-state index in [1.807, 2.05) is 51.1 Å². The van der Waals surface area contributed by atoms with Gasteiger partial charge in [0.15, 0.2) is 6.07 Å². The Balaban J connectivity index is 0.000000332. The molecule has 0 aromatic heterocycles. The summed E-state index contributed by atoms with van der Waals surface area (Å²) in [7, 11) is 1.61. The normalized spacial score (nSPS) is 16.0. The van der Waals surface area contributed by atoms with Gasteiger partial charge in [0.25, 0.3) is 6.21 Å². The quantitative estimate of drug-likeness (QED) is 0.113. The summed E-state index contributed by atoms with van der Waals surface area (Å²) in [5.74, 6) is 1.48. The van der Waals surface area contributed by atoms with Gasteiger partial charge in [-0.25, -0.2) is 4.39 Å². The van der Waals surface area contributed by atoms with E-state index in [2.05, 4.69) is 36.0 Å². The molecule has 0 saturated heterocycles. The molecular formula is C45H59FN3O5+. The van der Waals surface area contributed by atoms with Crippen molar-refractivity contribution in [1.29, 1.82) is 5.26 Å². The Hall–Kier alpha value is -4.29. The van der Waals surface area contributed by atoms with Crippen molar-refractivity contribution in [3.63, 3.8) is 0 Å². The summed E-state index contributed by atoms with van der Waals surface area (Å²) in [4.78, 5) is 0. The number of unbranched alkanes of at least 4 members (excludes halogenated alkanes) is 1. The maximum Gasteiger partial charge on any atom is 0.403 e. The molecule has 1 unspecified atom stereocenters. The zero-order valence-corrected chi connectivity index (χ0v) is 33.0. The van der Waals surface area contributed by atoms with Crippen LogP contribution in [0.4, 0.5) is 4.39 Å². The van der Waals surface area contributed by atoms with E-state index in [0.29, 0.717) is 25.5 Å². The van der Waals surface area contributed by atoms with Gasteiger partial charge in [0.05, 0.1) is 37.6 Å². The van der Waals surface area contributed by atoms with E-state index in [1.165, 1.54) is 18.4 Å². The van der Waals surface area contributed by atoms with Crippen LogP contribution in [0.5, 0.6) is 11.5 Å². The fourth-order valence-electron chi connectivity index (χ4n) is 6.78. The third-order valence-corrected chi connectivity index (χ3v) is 9.90. The molecule has 3 aromatic rings. The lowest BCUT2D eigenvalue weighted by atomic mass is 9.91. The number of aliphatic hydroxyl groups is 2. The van der Waals surface area contributed by atoms with Gasteiger partial charge in [0, 0.05) is 24.8 Å². The highest BCUT2D eigenvalue weighted by atomic mass is 19.1. The highest BCUT2D eigenvalue weighted by Crippen LogP contribution is 2.43. The van der Waals surface area contributed by atoms with Crippen LogP contribution in [0.25, 0.3) is 11.1 Å². The van der Waals surface area contributed by atoms with Crippen LogP contribution in [0.3, 0.4) is 0 Å². The predicted octanol–water partition coefficient (Wildman–Crippen LogP) is 8.07. The molecule has 1 heterocycles. The van der Waals surface area contributed by atoms with E-state index < -0.39 is 0 Å². The number of allylic oxidation sites excluding steroid dienone is 1. The smallest absolute Gasteiger partial charge is 0.403 e. The first-order valence-corrected chi connectivity index (χ1v) is 19.4. The molecular weight excluding hydrogens is 682 g/mol. The molecule has 0 amide bonds. The largest absolute Gasteiger partial charge is 0.493 e. The molecule has 3 aliphatic rings. The van der Waals surface area contributed by atoms with E-state index in [1.54, 1.807) is 31.5 Å². The van der Waals surface area contributed by atoms with Crippen LogP contribution >= 0.6 is 0 Å². The van der Waals surface area contributed by atoms with Gasteiger partial charge >= 0.3 is 5.71 Å². The fourth-order valence-corrected chi connectivity index (χ4v) is 6.78. The summed E-state index contributed by atoms with van der Waals surface area (Å²) in [5.41, 5.74) is 8.47. The van der Waals surface area contributed by atoms with Crippen LogP contribution in [0.1, 0.15) is 107 Å². The van der Waals surface area contributed by atoms with E-state index in [4.69, 9.17) is 24.6 Å². The number of nitrogens with zero attached hydrogens (tertiary/aromatic N) is 2. The molecule has 1 atom stereocenters. The maximum atomic E-state index is 15.0. The minimum atomic E-state index is -0.336. The summed E-state index contributed by atoms with van der Waals surface area (Å²) in [5, 5.41) is 30.0. The number of hydrogen-bond acceptors (Lipinski definition) is 7. The first kappa shape index (κ1) is 42.5. The number of halogens is 1. The molecule has 54 heavy (non-hydrogen) atoms. The van der Waals surface area contributed by atoms with Crippen molar-refractivity contribution in [3.05, 3.63) is 93.8 Å². The molecule has 1 saturated carbocycles. The molecule has 0 radical (unpaired) electrons. The van der Waals surface area contributed by atoms with Crippen molar-refractivity contribution >= 4 is 11.9 Å². The Kier molecular flexibility index (Phi) is 16.5. The van der Waals surface area contributed by atoms with Gasteiger partial charge in [-0.15, -0.1) is 0 Å². The number of benzene rings is 3. The number of ether oxygens (including phenoxy) is 3. The van der Waals surface area contributed by atoms with Crippen molar-refractivity contribution in [2.45, 2.75) is 117 Å². The molecule has 9 heteroatoms. The SMILES string of the molecule is CCCCOc1cccc(-c2cc(F)cc3c2CCC3Oc2ccc(CNC(C)(C)CO)cc2C)c1CC.COCC1=CC(C#N)=[N+]=C1.OC1CCCC1. The number of rotatable bonds is 14. The molecule has 0 bridgehead atoms. The minimum absolute atomic E-state index is 0.0463. The summed E-state index contributed by atoms with van der Waals surface area (Å²) in [6, 6.07) is 17.5. The second-order valence-electron chi connectivity index (χ2n) is 14.8. The van der Waals surface area contributed by atoms with Crippen molar-refractivity contribution in [2.75, 3.05) is 26.9 Å². The Labute approximate surface area is 321 Å². The molecule has 290 valence electrons. The molecule has 1 aliphatic heterocycles. The number of hydrogen-bond donors (Lipinski definition) is 3. The lowest BCUT2D eigenvalue weighted by molar-refractivity contribution is 0.183. The number of methoxy groups -OCH3 is 1.